The molecule has 1 aliphatic rings. The van der Waals surface area contributed by atoms with Crippen LogP contribution in [0.25, 0.3) is 10.9 Å². The van der Waals surface area contributed by atoms with Crippen LogP contribution in [0.4, 0.5) is 0 Å². The molecule has 0 radical (unpaired) electrons. The van der Waals surface area contributed by atoms with E-state index in [1.54, 1.807) is 24.3 Å². The van der Waals surface area contributed by atoms with E-state index in [-0.39, 0.29) is 53.0 Å². The largest absolute Gasteiger partial charge is 0.492 e. The lowest BCUT2D eigenvalue weighted by Gasteiger charge is -2.28. The van der Waals surface area contributed by atoms with E-state index in [1.807, 2.05) is 17.5 Å². The third-order valence-corrected chi connectivity index (χ3v) is 9.79. The number of nitrogens with zero attached hydrogens (tertiary/aromatic N) is 1. The number of carbonyl (C=O) groups is 3. The first-order chi connectivity index (χ1) is 20.5. The predicted molar refractivity (Wildman–Crippen MR) is 162 cm³/mol. The summed E-state index contributed by atoms with van der Waals surface area (Å²) >= 11 is 1.41. The highest BCUT2D eigenvalue weighted by Crippen LogP contribution is 2.47. The monoisotopic (exact) mass is 621 g/mol. The number of thiophene rings is 1. The predicted octanol–water partition coefficient (Wildman–Crippen LogP) is 3.98. The van der Waals surface area contributed by atoms with E-state index in [0.29, 0.717) is 23.7 Å². The second kappa shape index (κ2) is 12.2. The van der Waals surface area contributed by atoms with Crippen molar-refractivity contribution in [3.8, 4) is 5.75 Å². The summed E-state index contributed by atoms with van der Waals surface area (Å²) < 4.78 is 36.3. The van der Waals surface area contributed by atoms with Gasteiger partial charge in [-0.05, 0) is 73.9 Å². The van der Waals surface area contributed by atoms with E-state index in [1.165, 1.54) is 60.4 Å². The molecule has 0 spiro atoms. The minimum atomic E-state index is -4.32. The minimum absolute atomic E-state index is 0.0135. The Morgan fingerprint density at radius 2 is 1.81 bits per heavy atom. The number of Topliss-reactive ketones (excluding diaryl/α,β-unsaturated/α-hetero) is 2. The molecule has 0 unspecified atom stereocenters. The number of aromatic nitrogens is 1. The molecular weight excluding hydrogens is 590 g/mol. The van der Waals surface area contributed by atoms with Crippen LogP contribution < -0.4 is 15.0 Å². The molecule has 2 heterocycles. The van der Waals surface area contributed by atoms with Crippen LogP contribution in [-0.4, -0.2) is 48.9 Å². The van der Waals surface area contributed by atoms with Crippen molar-refractivity contribution in [2.24, 2.45) is 5.41 Å². The van der Waals surface area contributed by atoms with Crippen LogP contribution in [0.3, 0.4) is 0 Å². The van der Waals surface area contributed by atoms with E-state index < -0.39 is 27.4 Å². The molecule has 2 N–H and O–H groups in total. The van der Waals surface area contributed by atoms with Crippen molar-refractivity contribution in [3.05, 3.63) is 92.9 Å². The number of ketones is 2. The molecule has 1 fully saturated rings. The van der Waals surface area contributed by atoms with Gasteiger partial charge < -0.3 is 14.6 Å². The van der Waals surface area contributed by atoms with E-state index in [2.05, 4.69) is 9.71 Å². The van der Waals surface area contributed by atoms with Gasteiger partial charge in [-0.3, -0.25) is 19.2 Å². The maximum atomic E-state index is 14.2. The molecule has 2 aromatic carbocycles. The Morgan fingerprint density at radius 3 is 2.49 bits per heavy atom. The molecule has 0 bridgehead atoms. The van der Waals surface area contributed by atoms with Crippen LogP contribution in [0.5, 0.6) is 5.75 Å². The fourth-order valence-corrected chi connectivity index (χ4v) is 6.76. The van der Waals surface area contributed by atoms with Gasteiger partial charge >= 0.3 is 0 Å². The Morgan fingerprint density at radius 1 is 1.05 bits per heavy atom. The summed E-state index contributed by atoms with van der Waals surface area (Å²) in [6.45, 7) is 2.86. The summed E-state index contributed by atoms with van der Waals surface area (Å²) in [5.41, 5.74) is -0.198. The molecule has 4 aromatic rings. The smallest absolute Gasteiger partial charge is 0.248 e. The highest BCUT2D eigenvalue weighted by atomic mass is 32.2. The number of aromatic amines is 1. The topological polar surface area (TPSA) is 143 Å². The van der Waals surface area contributed by atoms with Crippen LogP contribution >= 0.6 is 11.3 Å². The number of fused-ring (bicyclic) bond motifs is 1. The second-order valence-electron chi connectivity index (χ2n) is 10.8. The maximum absolute atomic E-state index is 14.2. The first-order valence-electron chi connectivity index (χ1n) is 13.7. The van der Waals surface area contributed by atoms with Crippen LogP contribution in [0.1, 0.15) is 43.2 Å². The summed E-state index contributed by atoms with van der Waals surface area (Å²) in [7, 11) is -4.32. The SMILES string of the molecule is CC(=O)CN(Cc1cccs1)C(=O)[C@@H](NS(=O)(=O)c1ccc2[nH]c(=O)ccc2c1)c1ccccc1OCC1(C(C)=O)CC1. The second-order valence-corrected chi connectivity index (χ2v) is 13.5. The average Bonchev–Trinajstić information content (AvgIpc) is 3.60. The van der Waals surface area contributed by atoms with Gasteiger partial charge in [0.2, 0.25) is 21.5 Å². The molecule has 43 heavy (non-hydrogen) atoms. The fourth-order valence-electron chi connectivity index (χ4n) is 4.84. The number of sulfonamides is 1. The van der Waals surface area contributed by atoms with Crippen LogP contribution in [0.15, 0.2) is 81.8 Å². The number of ether oxygens (including phenoxy) is 1. The molecule has 2 aromatic heterocycles. The van der Waals surface area contributed by atoms with Gasteiger partial charge in [0.15, 0.2) is 0 Å². The zero-order chi connectivity index (χ0) is 30.8. The molecular formula is C31H31N3O7S2. The summed E-state index contributed by atoms with van der Waals surface area (Å²) in [5, 5.41) is 2.34. The van der Waals surface area contributed by atoms with Crippen molar-refractivity contribution in [1.29, 1.82) is 0 Å². The standard InChI is InChI=1S/C31H31N3O7S2/c1-20(35)17-34(18-23-6-5-15-42-23)30(38)29(25-7-3-4-8-27(25)41-19-31(13-14-31)21(2)36)33-43(39,40)24-10-11-26-22(16-24)9-12-28(37)32-26/h3-12,15-16,29,33H,13-14,17-19H2,1-2H3,(H,32,37)/t29-/m0/s1. The Balaban J connectivity index is 1.54. The number of carbonyl (C=O) groups excluding carboxylic acids is 3. The number of amides is 1. The lowest BCUT2D eigenvalue weighted by Crippen LogP contribution is -2.44. The van der Waals surface area contributed by atoms with E-state index in [9.17, 15) is 27.6 Å². The highest BCUT2D eigenvalue weighted by molar-refractivity contribution is 7.89. The van der Waals surface area contributed by atoms with Gasteiger partial charge in [-0.1, -0.05) is 24.3 Å². The van der Waals surface area contributed by atoms with Crippen molar-refractivity contribution in [1.82, 2.24) is 14.6 Å². The molecule has 224 valence electrons. The third-order valence-electron chi connectivity index (χ3n) is 7.51. The van der Waals surface area contributed by atoms with Crippen molar-refractivity contribution < 1.29 is 27.5 Å². The number of rotatable bonds is 13. The number of hydrogen-bond donors (Lipinski definition) is 2. The van der Waals surface area contributed by atoms with E-state index >= 15 is 0 Å². The fraction of sp³-hybridized carbons (Fsp3) is 0.290. The number of H-pyrrole nitrogens is 1. The van der Waals surface area contributed by atoms with E-state index in [0.717, 1.165) is 4.88 Å². The minimum Gasteiger partial charge on any atom is -0.492 e. The van der Waals surface area contributed by atoms with Crippen molar-refractivity contribution in [2.75, 3.05) is 13.2 Å². The maximum Gasteiger partial charge on any atom is 0.248 e. The summed E-state index contributed by atoms with van der Waals surface area (Å²) in [6, 6.07) is 15.8. The molecule has 1 saturated carbocycles. The number of benzene rings is 2. The van der Waals surface area contributed by atoms with Gasteiger partial charge in [-0.2, -0.15) is 4.72 Å². The van der Waals surface area contributed by atoms with Crippen LogP contribution in [0, 0.1) is 5.41 Å². The summed E-state index contributed by atoms with van der Waals surface area (Å²) in [4.78, 5) is 55.1. The first-order valence-corrected chi connectivity index (χ1v) is 16.0. The van der Waals surface area contributed by atoms with Crippen molar-refractivity contribution in [3.63, 3.8) is 0 Å². The van der Waals surface area contributed by atoms with Gasteiger partial charge in [-0.25, -0.2) is 8.42 Å². The first kappa shape index (κ1) is 30.3. The van der Waals surface area contributed by atoms with Gasteiger partial charge in [0.05, 0.1) is 23.4 Å². The van der Waals surface area contributed by atoms with Gasteiger partial charge in [0.1, 0.15) is 30.0 Å². The normalized spacial score (nSPS) is 14.7. The Bertz CT molecular complexity index is 1840. The molecule has 10 nitrogen and oxygen atoms in total. The zero-order valence-corrected chi connectivity index (χ0v) is 25.3. The summed E-state index contributed by atoms with van der Waals surface area (Å²) in [5.74, 6) is -0.636. The van der Waals surface area contributed by atoms with Gasteiger partial charge in [0.25, 0.3) is 0 Å². The van der Waals surface area contributed by atoms with Gasteiger partial charge in [0, 0.05) is 22.0 Å². The Hall–Kier alpha value is -4.13. The number of para-hydroxylation sites is 1. The highest BCUT2D eigenvalue weighted by Gasteiger charge is 2.48. The summed E-state index contributed by atoms with van der Waals surface area (Å²) in [6.07, 6.45) is 1.39. The van der Waals surface area contributed by atoms with Gasteiger partial charge in [-0.15, -0.1) is 11.3 Å². The van der Waals surface area contributed by atoms with Crippen LogP contribution in [-0.2, 0) is 31.0 Å². The lowest BCUT2D eigenvalue weighted by molar-refractivity contribution is -0.137. The number of pyridine rings is 1. The van der Waals surface area contributed by atoms with E-state index in [4.69, 9.17) is 4.74 Å². The Kier molecular flexibility index (Phi) is 8.63. The molecule has 1 atom stereocenters. The molecule has 0 saturated heterocycles. The molecule has 0 aliphatic heterocycles. The molecule has 12 heteroatoms. The number of hydrogen-bond acceptors (Lipinski definition) is 8. The molecule has 1 aliphatic carbocycles. The molecule has 1 amide bonds. The average molecular weight is 622 g/mol. The third kappa shape index (κ3) is 6.93. The van der Waals surface area contributed by atoms with Crippen molar-refractivity contribution in [2.45, 2.75) is 44.2 Å². The Labute approximate surface area is 252 Å². The number of nitrogens with one attached hydrogen (secondary N) is 2. The van der Waals surface area contributed by atoms with Crippen LogP contribution in [0.2, 0.25) is 0 Å². The quantitative estimate of drug-likeness (QED) is 0.230. The van der Waals surface area contributed by atoms with Crippen molar-refractivity contribution >= 4 is 49.7 Å². The zero-order valence-electron chi connectivity index (χ0n) is 23.7. The molecule has 5 rings (SSSR count). The lowest BCUT2D eigenvalue weighted by atomic mass is 10.0.